The SMILES string of the molecule is Cc1cc([N+](=O)[O-])cc([N+](=O)[O-])c1O.O=C(O)/C=C/c1ccc(O)cc1. The van der Waals surface area contributed by atoms with Crippen LogP contribution in [0.15, 0.2) is 42.5 Å². The molecule has 2 aromatic rings. The fourth-order valence-electron chi connectivity index (χ4n) is 1.74. The highest BCUT2D eigenvalue weighted by atomic mass is 16.6. The zero-order valence-electron chi connectivity index (χ0n) is 13.4. The third-order valence-electron chi connectivity index (χ3n) is 2.98. The van der Waals surface area contributed by atoms with E-state index in [0.29, 0.717) is 0 Å². The quantitative estimate of drug-likeness (QED) is 0.424. The highest BCUT2D eigenvalue weighted by molar-refractivity contribution is 5.85. The standard InChI is InChI=1S/C9H8O3.C7H6N2O5/c10-8-4-1-7(2-5-8)3-6-9(11)12;1-4-2-5(8(11)12)3-6(7(4)10)9(13)14/h1-6,10H,(H,11,12);2-3,10H,1H3/b6-3+;. The number of nitro groups is 2. The maximum Gasteiger partial charge on any atom is 0.328 e. The number of carboxylic acid groups (broad SMARTS) is 1. The minimum absolute atomic E-state index is 0.103. The normalized spacial score (nSPS) is 10.0. The molecule has 0 saturated carbocycles. The minimum atomic E-state index is -0.983. The van der Waals surface area contributed by atoms with E-state index in [1.165, 1.54) is 25.1 Å². The van der Waals surface area contributed by atoms with Gasteiger partial charge in [-0.05, 0) is 30.7 Å². The van der Waals surface area contributed by atoms with Gasteiger partial charge in [0.25, 0.3) is 5.69 Å². The molecule has 0 bridgehead atoms. The van der Waals surface area contributed by atoms with Crippen molar-refractivity contribution in [3.8, 4) is 11.5 Å². The van der Waals surface area contributed by atoms with Gasteiger partial charge in [0.1, 0.15) is 5.75 Å². The molecule has 0 radical (unpaired) electrons. The molecular formula is C16H14N2O8. The van der Waals surface area contributed by atoms with Crippen LogP contribution in [0.4, 0.5) is 11.4 Å². The summed E-state index contributed by atoms with van der Waals surface area (Å²) in [5.74, 6) is -1.36. The molecule has 3 N–H and O–H groups in total. The van der Waals surface area contributed by atoms with Gasteiger partial charge in [0, 0.05) is 17.7 Å². The van der Waals surface area contributed by atoms with E-state index in [4.69, 9.17) is 10.2 Å². The molecule has 26 heavy (non-hydrogen) atoms. The molecule has 10 nitrogen and oxygen atoms in total. The number of phenolic OH excluding ortho intramolecular Hbond substituents is 2. The average molecular weight is 362 g/mol. The predicted molar refractivity (Wildman–Crippen MR) is 90.9 cm³/mol. The molecule has 0 unspecified atom stereocenters. The van der Waals surface area contributed by atoms with Crippen LogP contribution in [0.1, 0.15) is 11.1 Å². The number of aliphatic carboxylic acids is 1. The van der Waals surface area contributed by atoms with Gasteiger partial charge in [0.05, 0.1) is 15.9 Å². The summed E-state index contributed by atoms with van der Waals surface area (Å²) >= 11 is 0. The van der Waals surface area contributed by atoms with E-state index in [-0.39, 0.29) is 11.3 Å². The van der Waals surface area contributed by atoms with Gasteiger partial charge in [-0.1, -0.05) is 12.1 Å². The molecule has 0 aliphatic carbocycles. The number of aryl methyl sites for hydroxylation is 1. The Morgan fingerprint density at radius 1 is 1.04 bits per heavy atom. The molecule has 2 rings (SSSR count). The maximum atomic E-state index is 10.4. The Hall–Kier alpha value is -3.95. The first kappa shape index (κ1) is 20.1. The summed E-state index contributed by atoms with van der Waals surface area (Å²) in [6.07, 6.45) is 2.51. The van der Waals surface area contributed by atoms with E-state index >= 15 is 0 Å². The molecule has 2 aromatic carbocycles. The number of nitrogens with zero attached hydrogens (tertiary/aromatic N) is 2. The first-order chi connectivity index (χ1) is 12.1. The molecule has 0 amide bonds. The van der Waals surface area contributed by atoms with E-state index in [0.717, 1.165) is 23.8 Å². The monoisotopic (exact) mass is 362 g/mol. The van der Waals surface area contributed by atoms with E-state index in [1.54, 1.807) is 12.1 Å². The summed E-state index contributed by atoms with van der Waals surface area (Å²) < 4.78 is 0. The molecule has 0 spiro atoms. The Bertz CT molecular complexity index is 859. The van der Waals surface area contributed by atoms with Gasteiger partial charge in [-0.15, -0.1) is 0 Å². The number of hydrogen-bond acceptors (Lipinski definition) is 7. The lowest BCUT2D eigenvalue weighted by Gasteiger charge is -1.99. The van der Waals surface area contributed by atoms with Crippen LogP contribution in [0.25, 0.3) is 6.08 Å². The number of phenols is 2. The van der Waals surface area contributed by atoms with Crippen molar-refractivity contribution in [2.45, 2.75) is 6.92 Å². The van der Waals surface area contributed by atoms with Crippen molar-refractivity contribution in [2.24, 2.45) is 0 Å². The van der Waals surface area contributed by atoms with Crippen molar-refractivity contribution in [1.29, 1.82) is 0 Å². The second kappa shape index (κ2) is 8.78. The highest BCUT2D eigenvalue weighted by Crippen LogP contribution is 2.33. The number of non-ortho nitro benzene ring substituents is 1. The predicted octanol–water partition coefficient (Wildman–Crippen LogP) is 3.01. The van der Waals surface area contributed by atoms with Crippen LogP contribution in [-0.2, 0) is 4.79 Å². The number of carbonyl (C=O) groups is 1. The van der Waals surface area contributed by atoms with Crippen LogP contribution in [0.5, 0.6) is 11.5 Å². The first-order valence-electron chi connectivity index (χ1n) is 6.94. The van der Waals surface area contributed by atoms with Crippen LogP contribution in [0.2, 0.25) is 0 Å². The van der Waals surface area contributed by atoms with Gasteiger partial charge in [-0.3, -0.25) is 20.2 Å². The Morgan fingerprint density at radius 3 is 2.08 bits per heavy atom. The van der Waals surface area contributed by atoms with Crippen LogP contribution in [-0.4, -0.2) is 31.1 Å². The molecule has 0 aromatic heterocycles. The maximum absolute atomic E-state index is 10.4. The molecule has 0 fully saturated rings. The van der Waals surface area contributed by atoms with E-state index in [1.807, 2.05) is 0 Å². The lowest BCUT2D eigenvalue weighted by molar-refractivity contribution is -0.394. The van der Waals surface area contributed by atoms with Gasteiger partial charge >= 0.3 is 11.7 Å². The average Bonchev–Trinajstić information content (AvgIpc) is 2.56. The fraction of sp³-hybridized carbons (Fsp3) is 0.0625. The molecule has 0 aliphatic rings. The Morgan fingerprint density at radius 2 is 1.62 bits per heavy atom. The molecule has 10 heteroatoms. The molecule has 136 valence electrons. The van der Waals surface area contributed by atoms with Crippen molar-refractivity contribution in [2.75, 3.05) is 0 Å². The van der Waals surface area contributed by atoms with E-state index in [9.17, 15) is 30.1 Å². The number of hydrogen-bond donors (Lipinski definition) is 3. The molecule has 0 saturated heterocycles. The van der Waals surface area contributed by atoms with Crippen LogP contribution in [0, 0.1) is 27.2 Å². The van der Waals surface area contributed by atoms with E-state index in [2.05, 4.69) is 0 Å². The first-order valence-corrected chi connectivity index (χ1v) is 6.94. The summed E-state index contributed by atoms with van der Waals surface area (Å²) in [5.41, 5.74) is -0.218. The highest BCUT2D eigenvalue weighted by Gasteiger charge is 2.21. The third kappa shape index (κ3) is 5.92. The second-order valence-electron chi connectivity index (χ2n) is 4.91. The zero-order valence-corrected chi connectivity index (χ0v) is 13.4. The fourth-order valence-corrected chi connectivity index (χ4v) is 1.74. The number of rotatable bonds is 4. The smallest absolute Gasteiger partial charge is 0.328 e. The largest absolute Gasteiger partial charge is 0.508 e. The number of benzene rings is 2. The number of aromatic hydroxyl groups is 2. The zero-order chi connectivity index (χ0) is 19.9. The topological polar surface area (TPSA) is 164 Å². The molecule has 0 aliphatic heterocycles. The summed E-state index contributed by atoms with van der Waals surface area (Å²) in [5, 5.41) is 47.1. The molecule has 0 atom stereocenters. The van der Waals surface area contributed by atoms with E-state index < -0.39 is 32.9 Å². The van der Waals surface area contributed by atoms with Gasteiger partial charge in [-0.25, -0.2) is 4.79 Å². The van der Waals surface area contributed by atoms with Crippen molar-refractivity contribution in [3.05, 3.63) is 73.8 Å². The lowest BCUT2D eigenvalue weighted by atomic mass is 10.1. The van der Waals surface area contributed by atoms with Gasteiger partial charge < -0.3 is 15.3 Å². The molecule has 0 heterocycles. The van der Waals surface area contributed by atoms with Crippen molar-refractivity contribution < 1.29 is 30.0 Å². The van der Waals surface area contributed by atoms with Crippen molar-refractivity contribution in [1.82, 2.24) is 0 Å². The van der Waals surface area contributed by atoms with Crippen molar-refractivity contribution >= 4 is 23.4 Å². The summed E-state index contributed by atoms with van der Waals surface area (Å²) in [7, 11) is 0. The van der Waals surface area contributed by atoms with Crippen LogP contribution in [0.3, 0.4) is 0 Å². The summed E-state index contributed by atoms with van der Waals surface area (Å²) in [6, 6.07) is 8.07. The number of nitro benzene ring substituents is 2. The van der Waals surface area contributed by atoms with Crippen LogP contribution >= 0.6 is 0 Å². The Kier molecular flexibility index (Phi) is 6.78. The van der Waals surface area contributed by atoms with Gasteiger partial charge in [0.15, 0.2) is 5.75 Å². The van der Waals surface area contributed by atoms with Gasteiger partial charge in [0.2, 0.25) is 0 Å². The number of carboxylic acids is 1. The van der Waals surface area contributed by atoms with Gasteiger partial charge in [-0.2, -0.15) is 0 Å². The van der Waals surface area contributed by atoms with Crippen LogP contribution < -0.4 is 0 Å². The third-order valence-corrected chi connectivity index (χ3v) is 2.98. The Balaban J connectivity index is 0.000000263. The van der Waals surface area contributed by atoms with Crippen molar-refractivity contribution in [3.63, 3.8) is 0 Å². The molecular weight excluding hydrogens is 348 g/mol. The Labute approximate surface area is 146 Å². The summed E-state index contributed by atoms with van der Waals surface area (Å²) in [4.78, 5) is 29.2. The lowest BCUT2D eigenvalue weighted by Crippen LogP contribution is -1.94. The minimum Gasteiger partial charge on any atom is -0.508 e. The summed E-state index contributed by atoms with van der Waals surface area (Å²) in [6.45, 7) is 1.36. The second-order valence-corrected chi connectivity index (χ2v) is 4.91.